The van der Waals surface area contributed by atoms with Gasteiger partial charge in [0.15, 0.2) is 0 Å². The molecule has 1 rings (SSSR count). The molecule has 0 saturated carbocycles. The lowest BCUT2D eigenvalue weighted by Crippen LogP contribution is -2.43. The Balaban J connectivity index is 2.47. The van der Waals surface area contributed by atoms with Crippen LogP contribution in [0.3, 0.4) is 0 Å². The normalized spacial score (nSPS) is 26.4. The molecule has 1 aliphatic rings. The molecule has 10 heavy (non-hydrogen) atoms. The summed E-state index contributed by atoms with van der Waals surface area (Å²) in [5.74, 6) is -0.857. The molecule has 56 valence electrons. The van der Waals surface area contributed by atoms with Crippen molar-refractivity contribution in [3.8, 4) is 0 Å². The number of carboxylic acids is 1. The number of carbonyl (C=O) groups is 1. The van der Waals surface area contributed by atoms with E-state index in [2.05, 4.69) is 5.32 Å². The number of carboxylic acid groups (broad SMARTS) is 1. The van der Waals surface area contributed by atoms with Gasteiger partial charge >= 0.3 is 5.97 Å². The molecule has 1 heterocycles. The third kappa shape index (κ3) is 1.54. The Morgan fingerprint density at radius 3 is 2.90 bits per heavy atom. The molecule has 1 saturated heterocycles. The van der Waals surface area contributed by atoms with Gasteiger partial charge in [-0.3, -0.25) is 4.79 Å². The Bertz CT molecular complexity index is 165. The standard InChI is InChI=1S/C6H10N2O2/c7-4-1-2-8-5(3-4)6(9)10/h5,7-8H,1-3H2,(H,9,10). The summed E-state index contributed by atoms with van der Waals surface area (Å²) in [5.41, 5.74) is 0.533. The Kier molecular flexibility index (Phi) is 2.01. The summed E-state index contributed by atoms with van der Waals surface area (Å²) in [6, 6.07) is -0.527. The molecule has 4 heteroatoms. The smallest absolute Gasteiger partial charge is 0.321 e. The van der Waals surface area contributed by atoms with E-state index < -0.39 is 12.0 Å². The second-order valence-electron chi connectivity index (χ2n) is 2.40. The number of aliphatic carboxylic acids is 1. The number of hydrogen-bond acceptors (Lipinski definition) is 3. The van der Waals surface area contributed by atoms with Crippen LogP contribution in [0.2, 0.25) is 0 Å². The predicted molar refractivity (Wildman–Crippen MR) is 36.4 cm³/mol. The van der Waals surface area contributed by atoms with Crippen molar-refractivity contribution in [2.45, 2.75) is 18.9 Å². The first kappa shape index (κ1) is 7.21. The maximum absolute atomic E-state index is 10.3. The van der Waals surface area contributed by atoms with E-state index in [1.54, 1.807) is 0 Å². The second kappa shape index (κ2) is 2.79. The summed E-state index contributed by atoms with van der Waals surface area (Å²) in [4.78, 5) is 10.3. The van der Waals surface area contributed by atoms with Crippen molar-refractivity contribution in [1.29, 1.82) is 5.41 Å². The van der Waals surface area contributed by atoms with Gasteiger partial charge in [-0.05, 0) is 6.42 Å². The van der Waals surface area contributed by atoms with Crippen LogP contribution in [0.4, 0.5) is 0 Å². The molecule has 0 aromatic carbocycles. The fourth-order valence-corrected chi connectivity index (χ4v) is 0.993. The lowest BCUT2D eigenvalue weighted by Gasteiger charge is -2.19. The lowest BCUT2D eigenvalue weighted by atomic mass is 10.0. The van der Waals surface area contributed by atoms with Crippen LogP contribution in [0.1, 0.15) is 12.8 Å². The van der Waals surface area contributed by atoms with E-state index in [-0.39, 0.29) is 0 Å². The molecule has 0 spiro atoms. The number of piperidine rings is 1. The summed E-state index contributed by atoms with van der Waals surface area (Å²) in [6.45, 7) is 0.621. The fraction of sp³-hybridized carbons (Fsp3) is 0.667. The highest BCUT2D eigenvalue weighted by Crippen LogP contribution is 2.02. The monoisotopic (exact) mass is 142 g/mol. The van der Waals surface area contributed by atoms with Crippen LogP contribution < -0.4 is 5.32 Å². The van der Waals surface area contributed by atoms with Crippen molar-refractivity contribution in [3.63, 3.8) is 0 Å². The first-order valence-electron chi connectivity index (χ1n) is 3.22. The van der Waals surface area contributed by atoms with Gasteiger partial charge in [0.1, 0.15) is 6.04 Å². The van der Waals surface area contributed by atoms with E-state index in [1.807, 2.05) is 0 Å². The van der Waals surface area contributed by atoms with Crippen molar-refractivity contribution >= 4 is 11.7 Å². The molecular weight excluding hydrogens is 132 g/mol. The highest BCUT2D eigenvalue weighted by atomic mass is 16.4. The predicted octanol–water partition coefficient (Wildman–Crippen LogP) is -0.157. The molecule has 1 aliphatic heterocycles. The quantitative estimate of drug-likeness (QED) is 0.476. The van der Waals surface area contributed by atoms with Gasteiger partial charge in [-0.25, -0.2) is 0 Å². The van der Waals surface area contributed by atoms with Crippen molar-refractivity contribution in [3.05, 3.63) is 0 Å². The largest absolute Gasteiger partial charge is 0.480 e. The first-order valence-corrected chi connectivity index (χ1v) is 3.22. The van der Waals surface area contributed by atoms with Gasteiger partial charge in [0.05, 0.1) is 0 Å². The molecule has 0 amide bonds. The van der Waals surface area contributed by atoms with Crippen LogP contribution in [0.25, 0.3) is 0 Å². The third-order valence-corrected chi connectivity index (χ3v) is 1.57. The average Bonchev–Trinajstić information content (AvgIpc) is 1.88. The second-order valence-corrected chi connectivity index (χ2v) is 2.40. The number of hydrogen-bond donors (Lipinski definition) is 3. The van der Waals surface area contributed by atoms with E-state index in [4.69, 9.17) is 10.5 Å². The maximum atomic E-state index is 10.3. The SMILES string of the molecule is N=C1CCNC(C(=O)O)C1. The Labute approximate surface area is 58.7 Å². The van der Waals surface area contributed by atoms with Crippen molar-refractivity contribution in [2.75, 3.05) is 6.54 Å². The topological polar surface area (TPSA) is 73.2 Å². The maximum Gasteiger partial charge on any atom is 0.321 e. The zero-order valence-electron chi connectivity index (χ0n) is 5.55. The molecule has 4 nitrogen and oxygen atoms in total. The summed E-state index contributed by atoms with van der Waals surface area (Å²) in [7, 11) is 0. The van der Waals surface area contributed by atoms with Gasteiger partial charge in [0.25, 0.3) is 0 Å². The molecular formula is C6H10N2O2. The van der Waals surface area contributed by atoms with Gasteiger partial charge in [0, 0.05) is 18.7 Å². The molecule has 1 atom stereocenters. The van der Waals surface area contributed by atoms with Gasteiger partial charge < -0.3 is 15.8 Å². The Morgan fingerprint density at radius 1 is 1.80 bits per heavy atom. The fourth-order valence-electron chi connectivity index (χ4n) is 0.993. The summed E-state index contributed by atoms with van der Waals surface area (Å²) >= 11 is 0. The molecule has 0 radical (unpaired) electrons. The van der Waals surface area contributed by atoms with Crippen molar-refractivity contribution < 1.29 is 9.90 Å². The van der Waals surface area contributed by atoms with E-state index in [9.17, 15) is 4.79 Å². The summed E-state index contributed by atoms with van der Waals surface area (Å²) in [6.07, 6.45) is 1.04. The van der Waals surface area contributed by atoms with Crippen LogP contribution in [0, 0.1) is 5.41 Å². The van der Waals surface area contributed by atoms with Crippen molar-refractivity contribution in [2.24, 2.45) is 0 Å². The minimum atomic E-state index is -0.857. The van der Waals surface area contributed by atoms with Gasteiger partial charge in [0.2, 0.25) is 0 Å². The van der Waals surface area contributed by atoms with Gasteiger partial charge in [-0.15, -0.1) is 0 Å². The summed E-state index contributed by atoms with van der Waals surface area (Å²) in [5, 5.41) is 18.5. The van der Waals surface area contributed by atoms with E-state index >= 15 is 0 Å². The average molecular weight is 142 g/mol. The molecule has 0 bridgehead atoms. The molecule has 0 aliphatic carbocycles. The molecule has 1 fully saturated rings. The Morgan fingerprint density at radius 2 is 2.50 bits per heavy atom. The van der Waals surface area contributed by atoms with E-state index in [0.29, 0.717) is 25.1 Å². The highest BCUT2D eigenvalue weighted by molar-refractivity contribution is 5.88. The van der Waals surface area contributed by atoms with E-state index in [1.165, 1.54) is 0 Å². The third-order valence-electron chi connectivity index (χ3n) is 1.57. The van der Waals surface area contributed by atoms with E-state index in [0.717, 1.165) is 0 Å². The van der Waals surface area contributed by atoms with Crippen molar-refractivity contribution in [1.82, 2.24) is 5.32 Å². The Hall–Kier alpha value is -0.900. The van der Waals surface area contributed by atoms with Crippen LogP contribution in [-0.2, 0) is 4.79 Å². The molecule has 0 aromatic rings. The molecule has 0 aromatic heterocycles. The number of nitrogens with one attached hydrogen (secondary N) is 2. The zero-order chi connectivity index (χ0) is 7.56. The summed E-state index contributed by atoms with van der Waals surface area (Å²) < 4.78 is 0. The first-order chi connectivity index (χ1) is 4.70. The highest BCUT2D eigenvalue weighted by Gasteiger charge is 2.21. The molecule has 1 unspecified atom stereocenters. The van der Waals surface area contributed by atoms with Crippen LogP contribution in [0.15, 0.2) is 0 Å². The van der Waals surface area contributed by atoms with Gasteiger partial charge in [-0.1, -0.05) is 0 Å². The van der Waals surface area contributed by atoms with Crippen LogP contribution in [0.5, 0.6) is 0 Å². The lowest BCUT2D eigenvalue weighted by molar-refractivity contribution is -0.139. The number of rotatable bonds is 1. The van der Waals surface area contributed by atoms with Crippen LogP contribution >= 0.6 is 0 Å². The minimum Gasteiger partial charge on any atom is -0.480 e. The van der Waals surface area contributed by atoms with Gasteiger partial charge in [-0.2, -0.15) is 0 Å². The molecule has 3 N–H and O–H groups in total. The van der Waals surface area contributed by atoms with Crippen LogP contribution in [-0.4, -0.2) is 29.4 Å². The minimum absolute atomic E-state index is 0.356. The zero-order valence-corrected chi connectivity index (χ0v) is 5.55.